The number of aliphatic hydroxyl groups excluding tert-OH is 1. The van der Waals surface area contributed by atoms with E-state index in [0.717, 1.165) is 36.3 Å². The predicted octanol–water partition coefficient (Wildman–Crippen LogP) is 5.16. The fourth-order valence-corrected chi connectivity index (χ4v) is 5.88. The second kappa shape index (κ2) is 9.67. The number of hydrogen-bond donors (Lipinski definition) is 3. The molecule has 3 unspecified atom stereocenters. The standard InChI is InChI=1S/C26H36N4O3/c1-16(2)33-25(32)20-5-6-22(23(10-20)29-24(31)21-13-27-15-28-14-21)30-26(4)11-18-7-17(3)8-19(9-18)12-26/h5-6,10,13-19,24,29-31H,7-9,11-12H2,1-4H3. The predicted molar refractivity (Wildman–Crippen MR) is 129 cm³/mol. The van der Waals surface area contributed by atoms with Crippen molar-refractivity contribution in [3.05, 3.63) is 48.0 Å². The minimum absolute atomic E-state index is 0.0368. The number of carbonyl (C=O) groups is 1. The number of hydrogen-bond acceptors (Lipinski definition) is 7. The zero-order chi connectivity index (χ0) is 23.6. The molecule has 1 heterocycles. The van der Waals surface area contributed by atoms with Crippen LogP contribution in [0, 0.1) is 17.8 Å². The van der Waals surface area contributed by atoms with Gasteiger partial charge in [-0.3, -0.25) is 0 Å². The van der Waals surface area contributed by atoms with E-state index >= 15 is 0 Å². The number of nitrogens with zero attached hydrogens (tertiary/aromatic N) is 2. The zero-order valence-corrected chi connectivity index (χ0v) is 20.0. The topological polar surface area (TPSA) is 96.4 Å². The maximum atomic E-state index is 12.5. The van der Waals surface area contributed by atoms with Crippen LogP contribution in [-0.4, -0.2) is 32.7 Å². The smallest absolute Gasteiger partial charge is 0.338 e. The lowest BCUT2D eigenvalue weighted by molar-refractivity contribution is 0.0378. The van der Waals surface area contributed by atoms with Gasteiger partial charge in [-0.15, -0.1) is 0 Å². The summed E-state index contributed by atoms with van der Waals surface area (Å²) >= 11 is 0. The normalized spacial score (nSPS) is 27.6. The number of carbonyl (C=O) groups excluding carboxylic acids is 1. The second-order valence-electron chi connectivity index (χ2n) is 10.6. The van der Waals surface area contributed by atoms with E-state index in [0.29, 0.717) is 16.8 Å². The molecule has 33 heavy (non-hydrogen) atoms. The molecule has 0 spiro atoms. The molecule has 0 amide bonds. The van der Waals surface area contributed by atoms with Gasteiger partial charge in [0.05, 0.1) is 23.0 Å². The molecule has 0 radical (unpaired) electrons. The SMILES string of the molecule is CC1CC2CC(C1)CC(C)(Nc1ccc(C(=O)OC(C)C)cc1NC(O)c1cncnc1)C2. The van der Waals surface area contributed by atoms with Crippen molar-refractivity contribution >= 4 is 17.3 Å². The van der Waals surface area contributed by atoms with Crippen molar-refractivity contribution in [1.29, 1.82) is 0 Å². The minimum Gasteiger partial charge on any atom is -0.459 e. The monoisotopic (exact) mass is 452 g/mol. The molecule has 1 aromatic heterocycles. The van der Waals surface area contributed by atoms with Crippen molar-refractivity contribution in [1.82, 2.24) is 9.97 Å². The van der Waals surface area contributed by atoms with Gasteiger partial charge in [0.15, 0.2) is 6.23 Å². The number of nitrogens with one attached hydrogen (secondary N) is 2. The molecule has 2 aliphatic carbocycles. The molecular formula is C26H36N4O3. The van der Waals surface area contributed by atoms with Gasteiger partial charge in [0.25, 0.3) is 0 Å². The molecule has 2 aromatic rings. The van der Waals surface area contributed by atoms with Gasteiger partial charge in [0.2, 0.25) is 0 Å². The Bertz CT molecular complexity index is 947. The molecule has 7 nitrogen and oxygen atoms in total. The van der Waals surface area contributed by atoms with Crippen molar-refractivity contribution < 1.29 is 14.6 Å². The van der Waals surface area contributed by atoms with Crippen LogP contribution < -0.4 is 10.6 Å². The Morgan fingerprint density at radius 1 is 1.12 bits per heavy atom. The van der Waals surface area contributed by atoms with E-state index < -0.39 is 6.23 Å². The van der Waals surface area contributed by atoms with Crippen LogP contribution in [0.15, 0.2) is 36.9 Å². The number of aromatic nitrogens is 2. The quantitative estimate of drug-likeness (QED) is 0.394. The molecule has 2 saturated carbocycles. The van der Waals surface area contributed by atoms with E-state index in [-0.39, 0.29) is 17.6 Å². The van der Waals surface area contributed by atoms with E-state index in [9.17, 15) is 9.90 Å². The molecule has 1 aromatic carbocycles. The highest BCUT2D eigenvalue weighted by Gasteiger charge is 2.41. The van der Waals surface area contributed by atoms with Gasteiger partial charge in [-0.25, -0.2) is 14.8 Å². The highest BCUT2D eigenvalue weighted by molar-refractivity contribution is 5.92. The van der Waals surface area contributed by atoms with Gasteiger partial charge in [-0.05, 0) is 88.8 Å². The highest BCUT2D eigenvalue weighted by atomic mass is 16.5. The summed E-state index contributed by atoms with van der Waals surface area (Å²) in [6.45, 7) is 8.33. The molecule has 178 valence electrons. The van der Waals surface area contributed by atoms with Crippen LogP contribution in [0.2, 0.25) is 0 Å². The Morgan fingerprint density at radius 3 is 2.42 bits per heavy atom. The van der Waals surface area contributed by atoms with Crippen molar-refractivity contribution in [2.45, 2.75) is 77.7 Å². The second-order valence-corrected chi connectivity index (χ2v) is 10.6. The Kier molecular flexibility index (Phi) is 6.88. The van der Waals surface area contributed by atoms with Crippen LogP contribution in [0.5, 0.6) is 0 Å². The fourth-order valence-electron chi connectivity index (χ4n) is 5.88. The summed E-state index contributed by atoms with van der Waals surface area (Å²) in [5, 5.41) is 17.7. The van der Waals surface area contributed by atoms with E-state index in [1.807, 2.05) is 19.9 Å². The average Bonchev–Trinajstić information content (AvgIpc) is 2.73. The zero-order valence-electron chi connectivity index (χ0n) is 20.0. The Balaban J connectivity index is 1.60. The highest BCUT2D eigenvalue weighted by Crippen LogP contribution is 2.48. The van der Waals surface area contributed by atoms with Crippen LogP contribution in [0.4, 0.5) is 11.4 Å². The molecule has 0 saturated heterocycles. The average molecular weight is 453 g/mol. The summed E-state index contributed by atoms with van der Waals surface area (Å²) in [6.07, 6.45) is 9.52. The summed E-state index contributed by atoms with van der Waals surface area (Å²) in [4.78, 5) is 20.5. The maximum absolute atomic E-state index is 12.5. The molecule has 4 rings (SSSR count). The van der Waals surface area contributed by atoms with Crippen LogP contribution >= 0.6 is 0 Å². The van der Waals surface area contributed by atoms with Gasteiger partial charge in [0, 0.05) is 23.5 Å². The molecule has 3 atom stereocenters. The van der Waals surface area contributed by atoms with Gasteiger partial charge in [-0.1, -0.05) is 6.92 Å². The summed E-state index contributed by atoms with van der Waals surface area (Å²) in [5.41, 5.74) is 2.46. The molecule has 3 N–H and O–H groups in total. The summed E-state index contributed by atoms with van der Waals surface area (Å²) in [5.74, 6) is 1.91. The lowest BCUT2D eigenvalue weighted by Crippen LogP contribution is -2.45. The van der Waals surface area contributed by atoms with Crippen molar-refractivity contribution in [2.24, 2.45) is 17.8 Å². The number of ether oxygens (including phenoxy) is 1. The van der Waals surface area contributed by atoms with Gasteiger partial charge in [-0.2, -0.15) is 0 Å². The van der Waals surface area contributed by atoms with Crippen LogP contribution in [0.25, 0.3) is 0 Å². The number of benzene rings is 1. The van der Waals surface area contributed by atoms with Crippen molar-refractivity contribution in [3.8, 4) is 0 Å². The largest absolute Gasteiger partial charge is 0.459 e. The third kappa shape index (κ3) is 5.82. The number of rotatable bonds is 7. The number of fused-ring (bicyclic) bond motifs is 2. The summed E-state index contributed by atoms with van der Waals surface area (Å²) in [7, 11) is 0. The Labute approximate surface area is 196 Å². The van der Waals surface area contributed by atoms with Gasteiger partial charge >= 0.3 is 5.97 Å². The number of esters is 1. The lowest BCUT2D eigenvalue weighted by atomic mass is 9.62. The Morgan fingerprint density at radius 2 is 1.79 bits per heavy atom. The van der Waals surface area contributed by atoms with E-state index in [4.69, 9.17) is 4.74 Å². The van der Waals surface area contributed by atoms with Crippen LogP contribution in [-0.2, 0) is 4.74 Å². The Hall–Kier alpha value is -2.67. The van der Waals surface area contributed by atoms with Crippen molar-refractivity contribution in [3.63, 3.8) is 0 Å². The van der Waals surface area contributed by atoms with Gasteiger partial charge in [0.1, 0.15) is 6.33 Å². The molecule has 7 heteroatoms. The maximum Gasteiger partial charge on any atom is 0.338 e. The molecule has 2 aliphatic rings. The fraction of sp³-hybridized carbons (Fsp3) is 0.577. The third-order valence-electron chi connectivity index (χ3n) is 6.84. The first-order chi connectivity index (χ1) is 15.7. The first-order valence-corrected chi connectivity index (χ1v) is 12.0. The molecule has 2 bridgehead atoms. The summed E-state index contributed by atoms with van der Waals surface area (Å²) in [6, 6.07) is 5.44. The van der Waals surface area contributed by atoms with Gasteiger partial charge < -0.3 is 20.5 Å². The van der Waals surface area contributed by atoms with E-state index in [1.54, 1.807) is 24.5 Å². The number of anilines is 2. The minimum atomic E-state index is -1.01. The molecule has 2 fully saturated rings. The molecule has 0 aliphatic heterocycles. The third-order valence-corrected chi connectivity index (χ3v) is 6.84. The lowest BCUT2D eigenvalue weighted by Gasteiger charge is -2.48. The molecular weight excluding hydrogens is 416 g/mol. The van der Waals surface area contributed by atoms with Crippen LogP contribution in [0.1, 0.15) is 81.9 Å². The van der Waals surface area contributed by atoms with Crippen LogP contribution in [0.3, 0.4) is 0 Å². The van der Waals surface area contributed by atoms with Crippen molar-refractivity contribution in [2.75, 3.05) is 10.6 Å². The van der Waals surface area contributed by atoms with E-state index in [1.165, 1.54) is 25.6 Å². The van der Waals surface area contributed by atoms with E-state index in [2.05, 4.69) is 34.4 Å². The number of aliphatic hydroxyl groups is 1. The first-order valence-electron chi connectivity index (χ1n) is 12.0. The summed E-state index contributed by atoms with van der Waals surface area (Å²) < 4.78 is 5.38. The first kappa shape index (κ1) is 23.5.